The van der Waals surface area contributed by atoms with Crippen LogP contribution in [0.4, 0.5) is 11.6 Å². The summed E-state index contributed by atoms with van der Waals surface area (Å²) in [6, 6.07) is 14.9. The molecule has 8 heteroatoms. The summed E-state index contributed by atoms with van der Waals surface area (Å²) >= 11 is 0. The van der Waals surface area contributed by atoms with Gasteiger partial charge in [-0.25, -0.2) is 4.98 Å². The number of piperidine rings is 1. The number of rotatable bonds is 6. The van der Waals surface area contributed by atoms with E-state index in [1.807, 2.05) is 43.3 Å². The second kappa shape index (κ2) is 10.00. The Morgan fingerprint density at radius 1 is 1.06 bits per heavy atom. The average Bonchev–Trinajstić information content (AvgIpc) is 2.86. The van der Waals surface area contributed by atoms with Crippen LogP contribution in [0.3, 0.4) is 0 Å². The lowest BCUT2D eigenvalue weighted by Crippen LogP contribution is -2.36. The Kier molecular flexibility index (Phi) is 6.63. The third-order valence-electron chi connectivity index (χ3n) is 6.97. The van der Waals surface area contributed by atoms with Crippen LogP contribution < -0.4 is 9.64 Å². The summed E-state index contributed by atoms with van der Waals surface area (Å²) in [5.41, 5.74) is 4.00. The van der Waals surface area contributed by atoms with Gasteiger partial charge in [0, 0.05) is 50.8 Å². The fraction of sp³-hybridized carbons (Fsp3) is 0.407. The van der Waals surface area contributed by atoms with Gasteiger partial charge >= 0.3 is 0 Å². The van der Waals surface area contributed by atoms with Crippen LogP contribution in [0.25, 0.3) is 0 Å². The normalized spacial score (nSPS) is 16.7. The van der Waals surface area contributed by atoms with E-state index in [1.54, 1.807) is 12.1 Å². The maximum absolute atomic E-state index is 11.5. The molecule has 0 aliphatic carbocycles. The van der Waals surface area contributed by atoms with E-state index in [0.717, 1.165) is 67.8 Å². The quantitative estimate of drug-likeness (QED) is 0.356. The molecule has 3 heterocycles. The predicted octanol–water partition coefficient (Wildman–Crippen LogP) is 5.28. The van der Waals surface area contributed by atoms with Gasteiger partial charge in [0.1, 0.15) is 5.75 Å². The lowest BCUT2D eigenvalue weighted by molar-refractivity contribution is -0.385. The van der Waals surface area contributed by atoms with Gasteiger partial charge in [-0.15, -0.1) is 0 Å². The molecule has 1 aromatic heterocycles. The first-order chi connectivity index (χ1) is 17.0. The Morgan fingerprint density at radius 3 is 2.54 bits per heavy atom. The first kappa shape index (κ1) is 23.2. The van der Waals surface area contributed by atoms with Crippen LogP contribution in [-0.4, -0.2) is 39.4 Å². The summed E-state index contributed by atoms with van der Waals surface area (Å²) in [4.78, 5) is 25.5. The number of fused-ring (bicyclic) bond motifs is 1. The SMILES string of the molecule is Cc1ccc(Oc2nc(N3CCC(C)CC3)nc3c2CN(Cc2ccccc2[N+](=O)[O-])CC3)cc1. The fourth-order valence-electron chi connectivity index (χ4n) is 4.78. The molecule has 182 valence electrons. The standard InChI is InChI=1S/C27H31N5O3/c1-19-7-9-22(10-8-19)35-26-23-18-30(17-21-5-3-4-6-25(21)32(33)34)14-13-24(23)28-27(29-26)31-15-11-20(2)12-16-31/h3-10,20H,11-18H2,1-2H3. The molecule has 35 heavy (non-hydrogen) atoms. The highest BCUT2D eigenvalue weighted by Crippen LogP contribution is 2.33. The zero-order valence-electron chi connectivity index (χ0n) is 20.3. The van der Waals surface area contributed by atoms with E-state index < -0.39 is 0 Å². The van der Waals surface area contributed by atoms with Crippen LogP contribution in [-0.2, 0) is 19.5 Å². The van der Waals surface area contributed by atoms with E-state index in [4.69, 9.17) is 14.7 Å². The molecule has 0 amide bonds. The van der Waals surface area contributed by atoms with Crippen LogP contribution in [0.1, 0.15) is 42.1 Å². The number of nitro benzene ring substituents is 1. The average molecular weight is 474 g/mol. The van der Waals surface area contributed by atoms with Crippen molar-refractivity contribution < 1.29 is 9.66 Å². The van der Waals surface area contributed by atoms with Crippen molar-refractivity contribution in [2.24, 2.45) is 5.92 Å². The monoisotopic (exact) mass is 473 g/mol. The second-order valence-corrected chi connectivity index (χ2v) is 9.69. The van der Waals surface area contributed by atoms with Crippen LogP contribution in [0.15, 0.2) is 48.5 Å². The Balaban J connectivity index is 1.45. The van der Waals surface area contributed by atoms with E-state index >= 15 is 0 Å². The molecule has 0 bridgehead atoms. The second-order valence-electron chi connectivity index (χ2n) is 9.69. The van der Waals surface area contributed by atoms with Gasteiger partial charge in [0.25, 0.3) is 5.69 Å². The van der Waals surface area contributed by atoms with Crippen molar-refractivity contribution in [1.29, 1.82) is 0 Å². The molecule has 0 spiro atoms. The van der Waals surface area contributed by atoms with E-state index in [2.05, 4.69) is 16.7 Å². The summed E-state index contributed by atoms with van der Waals surface area (Å²) in [5, 5.41) is 11.5. The molecule has 0 atom stereocenters. The molecule has 0 radical (unpaired) electrons. The minimum atomic E-state index is -0.311. The van der Waals surface area contributed by atoms with Gasteiger partial charge in [-0.3, -0.25) is 15.0 Å². The highest BCUT2D eigenvalue weighted by Gasteiger charge is 2.28. The molecular weight excluding hydrogens is 442 g/mol. The molecule has 1 fully saturated rings. The number of nitrogens with zero attached hydrogens (tertiary/aromatic N) is 5. The first-order valence-corrected chi connectivity index (χ1v) is 12.3. The van der Waals surface area contributed by atoms with Gasteiger partial charge in [-0.1, -0.05) is 42.8 Å². The molecule has 2 aromatic carbocycles. The van der Waals surface area contributed by atoms with Crippen molar-refractivity contribution in [2.45, 2.75) is 46.2 Å². The number of nitro groups is 1. The lowest BCUT2D eigenvalue weighted by atomic mass is 9.99. The Morgan fingerprint density at radius 2 is 1.80 bits per heavy atom. The zero-order valence-corrected chi connectivity index (χ0v) is 20.3. The summed E-state index contributed by atoms with van der Waals surface area (Å²) < 4.78 is 6.33. The van der Waals surface area contributed by atoms with Crippen molar-refractivity contribution in [3.05, 3.63) is 81.0 Å². The number of para-hydroxylation sites is 1. The molecule has 0 unspecified atom stereocenters. The number of ether oxygens (including phenoxy) is 1. The Labute approximate surface area is 205 Å². The molecule has 1 saturated heterocycles. The van der Waals surface area contributed by atoms with E-state index in [0.29, 0.717) is 24.5 Å². The number of aromatic nitrogens is 2. The minimum absolute atomic E-state index is 0.153. The van der Waals surface area contributed by atoms with Gasteiger partial charge in [0.2, 0.25) is 11.8 Å². The topological polar surface area (TPSA) is 84.6 Å². The maximum atomic E-state index is 11.5. The van der Waals surface area contributed by atoms with Gasteiger partial charge in [-0.2, -0.15) is 4.98 Å². The zero-order chi connectivity index (χ0) is 24.4. The van der Waals surface area contributed by atoms with Crippen molar-refractivity contribution in [3.8, 4) is 11.6 Å². The Bertz CT molecular complexity index is 1210. The highest BCUT2D eigenvalue weighted by molar-refractivity contribution is 5.45. The van der Waals surface area contributed by atoms with Gasteiger partial charge < -0.3 is 9.64 Å². The largest absolute Gasteiger partial charge is 0.439 e. The molecule has 8 nitrogen and oxygen atoms in total. The molecule has 5 rings (SSSR count). The van der Waals surface area contributed by atoms with Crippen molar-refractivity contribution in [1.82, 2.24) is 14.9 Å². The van der Waals surface area contributed by atoms with E-state index in [-0.39, 0.29) is 10.6 Å². The van der Waals surface area contributed by atoms with Crippen molar-refractivity contribution in [2.75, 3.05) is 24.5 Å². The smallest absolute Gasteiger partial charge is 0.273 e. The summed E-state index contributed by atoms with van der Waals surface area (Å²) in [7, 11) is 0. The number of hydrogen-bond donors (Lipinski definition) is 0. The Hall–Kier alpha value is -3.52. The number of anilines is 1. The molecular formula is C27H31N5O3. The predicted molar refractivity (Wildman–Crippen MR) is 135 cm³/mol. The molecule has 2 aliphatic heterocycles. The van der Waals surface area contributed by atoms with Crippen molar-refractivity contribution >= 4 is 11.6 Å². The van der Waals surface area contributed by atoms with E-state index in [9.17, 15) is 10.1 Å². The lowest BCUT2D eigenvalue weighted by Gasteiger charge is -2.33. The summed E-state index contributed by atoms with van der Waals surface area (Å²) in [6.45, 7) is 8.10. The van der Waals surface area contributed by atoms with Crippen LogP contribution >= 0.6 is 0 Å². The third kappa shape index (κ3) is 5.27. The van der Waals surface area contributed by atoms with Crippen LogP contribution in [0, 0.1) is 23.0 Å². The summed E-state index contributed by atoms with van der Waals surface area (Å²) in [6.07, 6.45) is 3.02. The molecule has 2 aliphatic rings. The van der Waals surface area contributed by atoms with Crippen LogP contribution in [0.5, 0.6) is 11.6 Å². The van der Waals surface area contributed by atoms with E-state index in [1.165, 1.54) is 5.56 Å². The molecule has 3 aromatic rings. The first-order valence-electron chi connectivity index (χ1n) is 12.3. The number of hydrogen-bond acceptors (Lipinski definition) is 7. The third-order valence-corrected chi connectivity index (χ3v) is 6.97. The van der Waals surface area contributed by atoms with Crippen LogP contribution in [0.2, 0.25) is 0 Å². The van der Waals surface area contributed by atoms with Gasteiger partial charge in [0.05, 0.1) is 16.2 Å². The van der Waals surface area contributed by atoms with Crippen molar-refractivity contribution in [3.63, 3.8) is 0 Å². The maximum Gasteiger partial charge on any atom is 0.273 e. The molecule has 0 N–H and O–H groups in total. The highest BCUT2D eigenvalue weighted by atomic mass is 16.6. The fourth-order valence-corrected chi connectivity index (χ4v) is 4.78. The van der Waals surface area contributed by atoms with Gasteiger partial charge in [-0.05, 0) is 37.8 Å². The molecule has 0 saturated carbocycles. The minimum Gasteiger partial charge on any atom is -0.439 e. The number of benzene rings is 2. The number of aryl methyl sites for hydroxylation is 1. The van der Waals surface area contributed by atoms with Gasteiger partial charge in [0.15, 0.2) is 0 Å². The summed E-state index contributed by atoms with van der Waals surface area (Å²) in [5.74, 6) is 2.79.